The van der Waals surface area contributed by atoms with Crippen molar-refractivity contribution in [3.63, 3.8) is 0 Å². The van der Waals surface area contributed by atoms with Gasteiger partial charge in [-0.1, -0.05) is 0 Å². The fraction of sp³-hybridized carbons (Fsp3) is 0.600. The number of hydrogen-bond donors (Lipinski definition) is 1. The topological polar surface area (TPSA) is 35.8 Å². The van der Waals surface area contributed by atoms with Crippen molar-refractivity contribution in [1.29, 1.82) is 0 Å². The predicted octanol–water partition coefficient (Wildman–Crippen LogP) is 0.662. The van der Waals surface area contributed by atoms with E-state index >= 15 is 0 Å². The van der Waals surface area contributed by atoms with E-state index in [-0.39, 0.29) is 47.0 Å². The average molecular weight is 334 g/mol. The second-order valence-corrected chi connectivity index (χ2v) is 1.53. The van der Waals surface area contributed by atoms with Crippen molar-refractivity contribution < 1.29 is 39.6 Å². The van der Waals surface area contributed by atoms with Crippen LogP contribution in [0.1, 0.15) is 0 Å². The molecule has 0 unspecified atom stereocenters. The Hall–Kier alpha value is 1.19. The van der Waals surface area contributed by atoms with E-state index in [9.17, 15) is 0 Å². The van der Waals surface area contributed by atoms with Crippen molar-refractivity contribution in [3.8, 4) is 0 Å². The van der Waals surface area contributed by atoms with Gasteiger partial charge in [-0.3, -0.25) is 6.54 Å². The summed E-state index contributed by atoms with van der Waals surface area (Å²) in [4.78, 5) is 0. The zero-order chi connectivity index (χ0) is 4.41. The van der Waals surface area contributed by atoms with E-state index in [0.717, 1.165) is 13.1 Å². The van der Waals surface area contributed by atoms with Gasteiger partial charge >= 0.3 is 18.6 Å². The summed E-state index contributed by atoms with van der Waals surface area (Å²) in [5.74, 6) is 1.33. The first-order chi connectivity index (χ1) is 2.93. The Morgan fingerprint density at radius 1 is 1.44 bits per heavy atom. The molecule has 0 aromatic rings. The van der Waals surface area contributed by atoms with Gasteiger partial charge in [0.05, 0.1) is 0 Å². The summed E-state index contributed by atoms with van der Waals surface area (Å²) in [5, 5.41) is 3.06. The first-order valence-corrected chi connectivity index (χ1v) is 2.12. The van der Waals surface area contributed by atoms with E-state index < -0.39 is 0 Å². The van der Waals surface area contributed by atoms with Crippen molar-refractivity contribution in [3.05, 3.63) is 19.1 Å². The summed E-state index contributed by atoms with van der Waals surface area (Å²) in [5.41, 5.74) is 6.78. The molecule has 1 aliphatic rings. The maximum atomic E-state index is 6.78. The molecule has 4 heteroatoms. The van der Waals surface area contributed by atoms with Crippen molar-refractivity contribution in [1.82, 2.24) is 5.32 Å². The van der Waals surface area contributed by atoms with Crippen LogP contribution < -0.4 is 5.32 Å². The Morgan fingerprint density at radius 2 is 1.89 bits per heavy atom. The van der Waals surface area contributed by atoms with Crippen molar-refractivity contribution in [2.45, 2.75) is 0 Å². The van der Waals surface area contributed by atoms with Gasteiger partial charge in [-0.2, -0.15) is 0 Å². The van der Waals surface area contributed by atoms with Gasteiger partial charge < -0.3 is 24.4 Å². The Kier molecular flexibility index (Phi) is 17.0. The molecule has 0 spiro atoms. The van der Waals surface area contributed by atoms with Crippen molar-refractivity contribution >= 4 is 0 Å². The molecule has 0 atom stereocenters. The van der Waals surface area contributed by atoms with Crippen LogP contribution in [0, 0.1) is 13.3 Å². The molecule has 0 bridgehead atoms. The molecule has 1 fully saturated rings. The van der Waals surface area contributed by atoms with Gasteiger partial charge in [-0.25, -0.2) is 0 Å². The molecule has 0 aliphatic carbocycles. The van der Waals surface area contributed by atoms with Crippen molar-refractivity contribution in [2.75, 3.05) is 19.6 Å². The first-order valence-electron chi connectivity index (χ1n) is 2.12. The maximum absolute atomic E-state index is 6.78. The zero-order valence-corrected chi connectivity index (χ0v) is 9.81. The molecule has 9 heavy (non-hydrogen) atoms. The Bertz CT molecular complexity index is 47.5. The second kappa shape index (κ2) is 9.19. The SMILES string of the molecule is [CH3-].[NH-]C[C-]1CNC1.[V+2].[W]. The van der Waals surface area contributed by atoms with Gasteiger partial charge in [0, 0.05) is 21.1 Å². The summed E-state index contributed by atoms with van der Waals surface area (Å²) in [6.07, 6.45) is 0. The molecule has 0 aromatic heterocycles. The molecule has 2 nitrogen and oxygen atoms in total. The number of hydrogen-bond acceptors (Lipinski definition) is 1. The minimum absolute atomic E-state index is 0. The normalized spacial score (nSPS) is 15.7. The minimum Gasteiger partial charge on any atom is -0.703 e. The van der Waals surface area contributed by atoms with E-state index in [0.29, 0.717) is 6.54 Å². The standard InChI is InChI=1S/C4H8N2.CH3.V.W/c5-1-4-2-6-3-4;;;/h5-6H,1-3H2;1H3;;/q-2;-1;+2;. The average Bonchev–Trinajstić information content (AvgIpc) is 1.31. The molecule has 1 aliphatic heterocycles. The first kappa shape index (κ1) is 16.6. The smallest absolute Gasteiger partial charge is 0.703 e. The third-order valence-corrected chi connectivity index (χ3v) is 1.000. The summed E-state index contributed by atoms with van der Waals surface area (Å²) in [6.45, 7) is 2.50. The van der Waals surface area contributed by atoms with Gasteiger partial charge in [0.2, 0.25) is 0 Å². The van der Waals surface area contributed by atoms with Crippen LogP contribution in [0.2, 0.25) is 0 Å². The van der Waals surface area contributed by atoms with Crippen LogP contribution in [-0.2, 0) is 39.6 Å². The minimum atomic E-state index is 0. The summed E-state index contributed by atoms with van der Waals surface area (Å²) >= 11 is 0. The van der Waals surface area contributed by atoms with E-state index in [1.165, 1.54) is 5.92 Å². The zero-order valence-electron chi connectivity index (χ0n) is 5.48. The molecule has 0 saturated carbocycles. The van der Waals surface area contributed by atoms with E-state index in [2.05, 4.69) is 5.32 Å². The van der Waals surface area contributed by atoms with Crippen LogP contribution in [0.25, 0.3) is 5.73 Å². The van der Waals surface area contributed by atoms with Crippen LogP contribution in [0.4, 0.5) is 0 Å². The van der Waals surface area contributed by atoms with Crippen LogP contribution in [0.15, 0.2) is 0 Å². The molecular weight excluding hydrogens is 323 g/mol. The van der Waals surface area contributed by atoms with E-state index in [4.69, 9.17) is 5.73 Å². The number of nitrogens with one attached hydrogen (secondary N) is 2. The second-order valence-electron chi connectivity index (χ2n) is 1.53. The van der Waals surface area contributed by atoms with Crippen LogP contribution in [0.5, 0.6) is 0 Å². The molecular formula is C5H11N2VW-. The van der Waals surface area contributed by atoms with E-state index in [1.807, 2.05) is 0 Å². The van der Waals surface area contributed by atoms with Crippen LogP contribution >= 0.6 is 0 Å². The van der Waals surface area contributed by atoms with Gasteiger partial charge in [-0.15, -0.1) is 13.1 Å². The molecule has 0 aromatic carbocycles. The Morgan fingerprint density at radius 3 is 1.89 bits per heavy atom. The van der Waals surface area contributed by atoms with Gasteiger partial charge in [0.15, 0.2) is 0 Å². The van der Waals surface area contributed by atoms with Crippen LogP contribution in [0.3, 0.4) is 0 Å². The third-order valence-electron chi connectivity index (χ3n) is 1.000. The molecule has 1 rings (SSSR count). The molecule has 0 amide bonds. The van der Waals surface area contributed by atoms with E-state index in [1.54, 1.807) is 0 Å². The molecule has 1 heterocycles. The monoisotopic (exact) mass is 334 g/mol. The molecule has 1 saturated heterocycles. The largest absolute Gasteiger partial charge is 2.00 e. The fourth-order valence-electron chi connectivity index (χ4n) is 0.427. The fourth-order valence-corrected chi connectivity index (χ4v) is 0.427. The van der Waals surface area contributed by atoms with Gasteiger partial charge in [0.25, 0.3) is 0 Å². The Balaban J connectivity index is -0.000000120. The summed E-state index contributed by atoms with van der Waals surface area (Å²) in [6, 6.07) is 0. The number of rotatable bonds is 1. The molecule has 53 valence electrons. The Labute approximate surface area is 83.5 Å². The van der Waals surface area contributed by atoms with Gasteiger partial charge in [0.1, 0.15) is 0 Å². The summed E-state index contributed by atoms with van der Waals surface area (Å²) in [7, 11) is 0. The molecule has 2 N–H and O–H groups in total. The third kappa shape index (κ3) is 5.63. The van der Waals surface area contributed by atoms with Gasteiger partial charge in [-0.05, 0) is 0 Å². The van der Waals surface area contributed by atoms with Crippen molar-refractivity contribution in [2.24, 2.45) is 0 Å². The van der Waals surface area contributed by atoms with Crippen LogP contribution in [-0.4, -0.2) is 19.6 Å². The predicted molar refractivity (Wildman–Crippen MR) is 31.7 cm³/mol. The maximum Gasteiger partial charge on any atom is 2.00 e. The molecule has 1 radical (unpaired) electrons. The summed E-state index contributed by atoms with van der Waals surface area (Å²) < 4.78 is 0. The quantitative estimate of drug-likeness (QED) is 0.703.